The summed E-state index contributed by atoms with van der Waals surface area (Å²) in [5.41, 5.74) is 0. The van der Waals surface area contributed by atoms with Crippen LogP contribution >= 0.6 is 27.7 Å². The highest BCUT2D eigenvalue weighted by Crippen LogP contribution is 2.23. The smallest absolute Gasteiger partial charge is 0.233 e. The van der Waals surface area contributed by atoms with Crippen molar-refractivity contribution in [2.24, 2.45) is 0 Å². The minimum absolute atomic E-state index is 0.0156. The summed E-state index contributed by atoms with van der Waals surface area (Å²) in [6.07, 6.45) is 5.76. The van der Waals surface area contributed by atoms with E-state index in [-0.39, 0.29) is 17.8 Å². The number of benzene rings is 1. The van der Waals surface area contributed by atoms with Gasteiger partial charge in [0.15, 0.2) is 5.82 Å². The summed E-state index contributed by atoms with van der Waals surface area (Å²) in [6, 6.07) is 7.83. The van der Waals surface area contributed by atoms with Gasteiger partial charge in [-0.2, -0.15) is 0 Å². The highest BCUT2D eigenvalue weighted by atomic mass is 79.9. The van der Waals surface area contributed by atoms with E-state index in [0.717, 1.165) is 17.3 Å². The van der Waals surface area contributed by atoms with Crippen LogP contribution in [0.1, 0.15) is 44.9 Å². The zero-order valence-electron chi connectivity index (χ0n) is 15.2. The maximum Gasteiger partial charge on any atom is 0.233 e. The van der Waals surface area contributed by atoms with Gasteiger partial charge in [-0.3, -0.25) is 4.79 Å². The molecule has 1 aromatic carbocycles. The lowest BCUT2D eigenvalue weighted by molar-refractivity contribution is -0.121. The summed E-state index contributed by atoms with van der Waals surface area (Å²) >= 11 is 4.71. The number of aromatic nitrogens is 3. The van der Waals surface area contributed by atoms with Gasteiger partial charge in [0, 0.05) is 10.5 Å². The summed E-state index contributed by atoms with van der Waals surface area (Å²) in [4.78, 5) is 12.4. The number of thioether (sulfide) groups is 1. The van der Waals surface area contributed by atoms with E-state index in [1.807, 2.05) is 31.2 Å². The third-order valence-corrected chi connectivity index (χ3v) is 6.05. The Morgan fingerprint density at radius 1 is 1.41 bits per heavy atom. The molecule has 1 atom stereocenters. The SMILES string of the molecule is C[C@@H](Sc1nnc(COc2cccc(Br)c2)n1N)C(=O)NC1CCCCC1. The van der Waals surface area contributed by atoms with Crippen molar-refractivity contribution < 1.29 is 9.53 Å². The molecule has 2 aromatic rings. The molecule has 3 rings (SSSR count). The van der Waals surface area contributed by atoms with Gasteiger partial charge in [0.05, 0.1) is 5.25 Å². The fourth-order valence-electron chi connectivity index (χ4n) is 2.97. The average Bonchev–Trinajstić information content (AvgIpc) is 3.00. The maximum atomic E-state index is 12.4. The molecule has 1 saturated carbocycles. The van der Waals surface area contributed by atoms with E-state index >= 15 is 0 Å². The molecule has 1 aromatic heterocycles. The number of nitrogens with zero attached hydrogens (tertiary/aromatic N) is 3. The summed E-state index contributed by atoms with van der Waals surface area (Å²) in [5, 5.41) is 11.5. The van der Waals surface area contributed by atoms with Gasteiger partial charge in [-0.15, -0.1) is 10.2 Å². The summed E-state index contributed by atoms with van der Waals surface area (Å²) in [6.45, 7) is 2.05. The van der Waals surface area contributed by atoms with Gasteiger partial charge in [0.25, 0.3) is 0 Å². The van der Waals surface area contributed by atoms with E-state index in [1.165, 1.54) is 35.7 Å². The number of nitrogens with one attached hydrogen (secondary N) is 1. The minimum atomic E-state index is -0.294. The third-order valence-electron chi connectivity index (χ3n) is 4.50. The van der Waals surface area contributed by atoms with E-state index in [1.54, 1.807) is 0 Å². The predicted molar refractivity (Wildman–Crippen MR) is 109 cm³/mol. The van der Waals surface area contributed by atoms with Crippen LogP contribution < -0.4 is 15.9 Å². The Balaban J connectivity index is 1.53. The van der Waals surface area contributed by atoms with Crippen molar-refractivity contribution in [1.82, 2.24) is 20.2 Å². The first-order chi connectivity index (χ1) is 13.0. The van der Waals surface area contributed by atoms with E-state index < -0.39 is 0 Å². The molecule has 1 aliphatic carbocycles. The molecule has 0 aliphatic heterocycles. The number of amides is 1. The van der Waals surface area contributed by atoms with Crippen LogP contribution in [-0.2, 0) is 11.4 Å². The number of hydrogen-bond acceptors (Lipinski definition) is 6. The van der Waals surface area contributed by atoms with Crippen LogP contribution in [0.15, 0.2) is 33.9 Å². The second-order valence-electron chi connectivity index (χ2n) is 6.62. The molecular weight excluding hydrogens is 430 g/mol. The Bertz CT molecular complexity index is 779. The molecule has 9 heteroatoms. The van der Waals surface area contributed by atoms with Crippen molar-refractivity contribution in [3.8, 4) is 5.75 Å². The first kappa shape index (κ1) is 20.0. The normalized spacial score (nSPS) is 16.1. The minimum Gasteiger partial charge on any atom is -0.485 e. The van der Waals surface area contributed by atoms with E-state index in [0.29, 0.717) is 22.8 Å². The van der Waals surface area contributed by atoms with Crippen molar-refractivity contribution in [3.05, 3.63) is 34.6 Å². The van der Waals surface area contributed by atoms with Crippen molar-refractivity contribution in [2.45, 2.75) is 62.1 Å². The highest BCUT2D eigenvalue weighted by Gasteiger charge is 2.22. The van der Waals surface area contributed by atoms with Crippen LogP contribution in [0, 0.1) is 0 Å². The van der Waals surface area contributed by atoms with Gasteiger partial charge in [-0.25, -0.2) is 4.68 Å². The van der Waals surface area contributed by atoms with Gasteiger partial charge < -0.3 is 15.9 Å². The van der Waals surface area contributed by atoms with Crippen molar-refractivity contribution >= 4 is 33.6 Å². The highest BCUT2D eigenvalue weighted by molar-refractivity contribution is 9.10. The second-order valence-corrected chi connectivity index (χ2v) is 8.84. The number of hydrogen-bond donors (Lipinski definition) is 2. The summed E-state index contributed by atoms with van der Waals surface area (Å²) in [7, 11) is 0. The van der Waals surface area contributed by atoms with Crippen LogP contribution in [0.25, 0.3) is 0 Å². The van der Waals surface area contributed by atoms with Crippen LogP contribution in [0.5, 0.6) is 5.75 Å². The third kappa shape index (κ3) is 5.62. The lowest BCUT2D eigenvalue weighted by Crippen LogP contribution is -2.40. The van der Waals surface area contributed by atoms with Crippen LogP contribution in [0.4, 0.5) is 0 Å². The lowest BCUT2D eigenvalue weighted by atomic mass is 9.95. The Kier molecular flexibility index (Phi) is 7.01. The van der Waals surface area contributed by atoms with E-state index in [2.05, 4.69) is 31.4 Å². The fraction of sp³-hybridized carbons (Fsp3) is 0.500. The molecular formula is C18H24BrN5O2S. The molecule has 3 N–H and O–H groups in total. The Labute approximate surface area is 171 Å². The van der Waals surface area contributed by atoms with Crippen molar-refractivity contribution in [3.63, 3.8) is 0 Å². The van der Waals surface area contributed by atoms with E-state index in [4.69, 9.17) is 10.6 Å². The van der Waals surface area contributed by atoms with Gasteiger partial charge in [0.2, 0.25) is 11.1 Å². The van der Waals surface area contributed by atoms with Crippen LogP contribution in [0.3, 0.4) is 0 Å². The molecule has 1 amide bonds. The quantitative estimate of drug-likeness (QED) is 0.493. The summed E-state index contributed by atoms with van der Waals surface area (Å²) in [5.74, 6) is 7.30. The lowest BCUT2D eigenvalue weighted by Gasteiger charge is -2.24. The molecule has 146 valence electrons. The van der Waals surface area contributed by atoms with Gasteiger partial charge in [-0.1, -0.05) is 53.0 Å². The Morgan fingerprint density at radius 2 is 2.19 bits per heavy atom. The summed E-state index contributed by atoms with van der Waals surface area (Å²) < 4.78 is 8.01. The molecule has 0 radical (unpaired) electrons. The molecule has 1 fully saturated rings. The molecule has 0 saturated heterocycles. The number of ether oxygens (including phenoxy) is 1. The molecule has 27 heavy (non-hydrogen) atoms. The number of carbonyl (C=O) groups is 1. The van der Waals surface area contributed by atoms with Crippen LogP contribution in [0.2, 0.25) is 0 Å². The molecule has 0 spiro atoms. The van der Waals surface area contributed by atoms with Crippen molar-refractivity contribution in [2.75, 3.05) is 5.84 Å². The number of nitrogen functional groups attached to an aromatic ring is 1. The maximum absolute atomic E-state index is 12.4. The number of nitrogens with two attached hydrogens (primary N) is 1. The topological polar surface area (TPSA) is 95.1 Å². The number of rotatable bonds is 7. The van der Waals surface area contributed by atoms with Gasteiger partial charge in [-0.05, 0) is 38.0 Å². The Hall–Kier alpha value is -1.74. The van der Waals surface area contributed by atoms with Gasteiger partial charge >= 0.3 is 0 Å². The van der Waals surface area contributed by atoms with Crippen LogP contribution in [-0.4, -0.2) is 32.1 Å². The number of carbonyl (C=O) groups excluding carboxylic acids is 1. The molecule has 7 nitrogen and oxygen atoms in total. The average molecular weight is 454 g/mol. The second kappa shape index (κ2) is 9.45. The molecule has 0 bridgehead atoms. The molecule has 0 unspecified atom stereocenters. The zero-order chi connectivity index (χ0) is 19.2. The van der Waals surface area contributed by atoms with Crippen molar-refractivity contribution in [1.29, 1.82) is 0 Å². The Morgan fingerprint density at radius 3 is 2.93 bits per heavy atom. The molecule has 1 aliphatic rings. The fourth-order valence-corrected chi connectivity index (χ4v) is 4.14. The zero-order valence-corrected chi connectivity index (χ0v) is 17.6. The monoisotopic (exact) mass is 453 g/mol. The van der Waals surface area contributed by atoms with E-state index in [9.17, 15) is 4.79 Å². The molecule has 1 heterocycles. The first-order valence-corrected chi connectivity index (χ1v) is 10.7. The van der Waals surface area contributed by atoms with Gasteiger partial charge in [0.1, 0.15) is 12.4 Å². The predicted octanol–water partition coefficient (Wildman–Crippen LogP) is 3.26. The first-order valence-electron chi connectivity index (χ1n) is 9.07. The standard InChI is InChI=1S/C18H24BrN5O2S/c1-12(17(25)21-14-7-3-2-4-8-14)27-18-23-22-16(24(18)20)11-26-15-9-5-6-13(19)10-15/h5-6,9-10,12,14H,2-4,7-8,11,20H2,1H3,(H,21,25)/t12-/m1/s1. The largest absolute Gasteiger partial charge is 0.485 e. The number of halogens is 1.